The van der Waals surface area contributed by atoms with Crippen LogP contribution in [0.5, 0.6) is 0 Å². The number of ether oxygens (including phenoxy) is 1. The van der Waals surface area contributed by atoms with Gasteiger partial charge < -0.3 is 9.84 Å². The van der Waals surface area contributed by atoms with E-state index < -0.39 is 17.9 Å². The van der Waals surface area contributed by atoms with Gasteiger partial charge in [0.1, 0.15) is 5.82 Å². The first-order valence-corrected chi connectivity index (χ1v) is 4.98. The van der Waals surface area contributed by atoms with Crippen LogP contribution in [0.4, 0.5) is 4.39 Å². The second-order valence-electron chi connectivity index (χ2n) is 3.05. The molecule has 0 radical (unpaired) electrons. The molecule has 0 aromatic heterocycles. The van der Waals surface area contributed by atoms with Gasteiger partial charge in [0, 0.05) is 10.0 Å². The summed E-state index contributed by atoms with van der Waals surface area (Å²) in [5, 5.41) is 9.45. The fourth-order valence-corrected chi connectivity index (χ4v) is 1.47. The monoisotopic (exact) mass is 276 g/mol. The van der Waals surface area contributed by atoms with Crippen molar-refractivity contribution < 1.29 is 19.0 Å². The van der Waals surface area contributed by atoms with Crippen LogP contribution >= 0.6 is 15.9 Å². The van der Waals surface area contributed by atoms with Crippen molar-refractivity contribution in [3.63, 3.8) is 0 Å². The molecule has 0 aliphatic rings. The Morgan fingerprint density at radius 1 is 1.60 bits per heavy atom. The number of aliphatic hydroxyl groups is 1. The third-order valence-corrected chi connectivity index (χ3v) is 2.85. The van der Waals surface area contributed by atoms with Crippen LogP contribution < -0.4 is 0 Å². The van der Waals surface area contributed by atoms with Crippen LogP contribution in [0.3, 0.4) is 0 Å². The highest BCUT2D eigenvalue weighted by molar-refractivity contribution is 9.10. The standard InChI is InChI=1S/C10H10BrFO3/c1-5-3-8(12)6(4-7(5)11)9(13)10(14)15-2/h3-4,9,13H,1-2H3. The minimum Gasteiger partial charge on any atom is -0.467 e. The molecule has 0 amide bonds. The molecule has 1 aromatic carbocycles. The number of rotatable bonds is 2. The number of carbonyl (C=O) groups excluding carboxylic acids is 1. The summed E-state index contributed by atoms with van der Waals surface area (Å²) < 4.78 is 18.3. The number of aliphatic hydroxyl groups excluding tert-OH is 1. The predicted octanol–water partition coefficient (Wildman–Crippen LogP) is 2.10. The average Bonchev–Trinajstić information content (AvgIpc) is 2.21. The number of halogens is 2. The van der Waals surface area contributed by atoms with Crippen molar-refractivity contribution in [1.29, 1.82) is 0 Å². The molecule has 3 nitrogen and oxygen atoms in total. The van der Waals surface area contributed by atoms with Gasteiger partial charge in [-0.25, -0.2) is 9.18 Å². The lowest BCUT2D eigenvalue weighted by Gasteiger charge is -2.11. The third kappa shape index (κ3) is 2.54. The number of aryl methyl sites for hydroxylation is 1. The molecule has 15 heavy (non-hydrogen) atoms. The van der Waals surface area contributed by atoms with E-state index in [2.05, 4.69) is 20.7 Å². The topological polar surface area (TPSA) is 46.5 Å². The molecule has 1 unspecified atom stereocenters. The Kier molecular flexibility index (Phi) is 3.82. The molecule has 0 heterocycles. The third-order valence-electron chi connectivity index (χ3n) is 2.00. The van der Waals surface area contributed by atoms with Crippen LogP contribution in [-0.2, 0) is 9.53 Å². The van der Waals surface area contributed by atoms with Crippen LogP contribution in [0, 0.1) is 12.7 Å². The molecule has 0 spiro atoms. The lowest BCUT2D eigenvalue weighted by molar-refractivity contribution is -0.150. The first kappa shape index (κ1) is 12.1. The number of esters is 1. The summed E-state index contributed by atoms with van der Waals surface area (Å²) in [6, 6.07) is 2.61. The average molecular weight is 277 g/mol. The molecule has 0 fully saturated rings. The van der Waals surface area contributed by atoms with Crippen molar-refractivity contribution in [3.05, 3.63) is 33.5 Å². The van der Waals surface area contributed by atoms with Gasteiger partial charge in [-0.3, -0.25) is 0 Å². The van der Waals surface area contributed by atoms with Gasteiger partial charge >= 0.3 is 5.97 Å². The van der Waals surface area contributed by atoms with Crippen LogP contribution in [0.2, 0.25) is 0 Å². The molecular formula is C10H10BrFO3. The Hall–Kier alpha value is -0.940. The molecule has 1 aromatic rings. The van der Waals surface area contributed by atoms with Crippen LogP contribution in [-0.4, -0.2) is 18.2 Å². The van der Waals surface area contributed by atoms with Crippen LogP contribution in [0.15, 0.2) is 16.6 Å². The molecule has 5 heteroatoms. The molecule has 0 aliphatic heterocycles. The van der Waals surface area contributed by atoms with E-state index in [0.29, 0.717) is 10.0 Å². The first-order valence-electron chi connectivity index (χ1n) is 4.18. The Morgan fingerprint density at radius 3 is 2.73 bits per heavy atom. The first-order chi connectivity index (χ1) is 6.97. The van der Waals surface area contributed by atoms with Gasteiger partial charge in [0.25, 0.3) is 0 Å². The van der Waals surface area contributed by atoms with Crippen LogP contribution in [0.1, 0.15) is 17.2 Å². The smallest absolute Gasteiger partial charge is 0.339 e. The molecule has 82 valence electrons. The van der Waals surface area contributed by atoms with Gasteiger partial charge in [-0.15, -0.1) is 0 Å². The van der Waals surface area contributed by atoms with Crippen molar-refractivity contribution in [1.82, 2.24) is 0 Å². The lowest BCUT2D eigenvalue weighted by atomic mass is 10.1. The Balaban J connectivity index is 3.14. The van der Waals surface area contributed by atoms with Gasteiger partial charge in [-0.05, 0) is 24.6 Å². The van der Waals surface area contributed by atoms with Crippen molar-refractivity contribution in [2.24, 2.45) is 0 Å². The number of methoxy groups -OCH3 is 1. The number of hydrogen-bond acceptors (Lipinski definition) is 3. The van der Waals surface area contributed by atoms with Crippen LogP contribution in [0.25, 0.3) is 0 Å². The van der Waals surface area contributed by atoms with Gasteiger partial charge in [0.15, 0.2) is 6.10 Å². The van der Waals surface area contributed by atoms with E-state index in [-0.39, 0.29) is 5.56 Å². The normalized spacial score (nSPS) is 12.3. The van der Waals surface area contributed by atoms with E-state index in [0.717, 1.165) is 7.11 Å². The second kappa shape index (κ2) is 4.72. The van der Waals surface area contributed by atoms with E-state index in [9.17, 15) is 14.3 Å². The number of hydrogen-bond donors (Lipinski definition) is 1. The number of benzene rings is 1. The van der Waals surface area contributed by atoms with Crippen molar-refractivity contribution in [3.8, 4) is 0 Å². The fraction of sp³-hybridized carbons (Fsp3) is 0.300. The van der Waals surface area contributed by atoms with E-state index in [1.807, 2.05) is 0 Å². The molecular weight excluding hydrogens is 267 g/mol. The molecule has 0 saturated heterocycles. The van der Waals surface area contributed by atoms with E-state index in [1.165, 1.54) is 12.1 Å². The zero-order chi connectivity index (χ0) is 11.6. The molecule has 0 bridgehead atoms. The lowest BCUT2D eigenvalue weighted by Crippen LogP contribution is -2.15. The number of carbonyl (C=O) groups is 1. The summed E-state index contributed by atoms with van der Waals surface area (Å²) in [7, 11) is 1.13. The Morgan fingerprint density at radius 2 is 2.20 bits per heavy atom. The summed E-state index contributed by atoms with van der Waals surface area (Å²) in [6.07, 6.45) is -1.59. The highest BCUT2D eigenvalue weighted by Gasteiger charge is 2.22. The molecule has 1 atom stereocenters. The Labute approximate surface area is 95.0 Å². The second-order valence-corrected chi connectivity index (χ2v) is 3.90. The zero-order valence-corrected chi connectivity index (χ0v) is 9.84. The predicted molar refractivity (Wildman–Crippen MR) is 55.8 cm³/mol. The largest absolute Gasteiger partial charge is 0.467 e. The minimum absolute atomic E-state index is 0.0978. The van der Waals surface area contributed by atoms with E-state index in [1.54, 1.807) is 6.92 Å². The van der Waals surface area contributed by atoms with Crippen molar-refractivity contribution in [2.45, 2.75) is 13.0 Å². The van der Waals surface area contributed by atoms with Crippen molar-refractivity contribution in [2.75, 3.05) is 7.11 Å². The van der Waals surface area contributed by atoms with E-state index in [4.69, 9.17) is 0 Å². The molecule has 1 N–H and O–H groups in total. The SMILES string of the molecule is COC(=O)C(O)c1cc(Br)c(C)cc1F. The quantitative estimate of drug-likeness (QED) is 0.842. The zero-order valence-electron chi connectivity index (χ0n) is 8.25. The van der Waals surface area contributed by atoms with Gasteiger partial charge in [-0.2, -0.15) is 0 Å². The fourth-order valence-electron chi connectivity index (χ4n) is 1.11. The van der Waals surface area contributed by atoms with E-state index >= 15 is 0 Å². The summed E-state index contributed by atoms with van der Waals surface area (Å²) in [4.78, 5) is 11.0. The maximum absolute atomic E-state index is 13.4. The summed E-state index contributed by atoms with van der Waals surface area (Å²) in [5.74, 6) is -1.52. The van der Waals surface area contributed by atoms with Gasteiger partial charge in [0.2, 0.25) is 0 Å². The van der Waals surface area contributed by atoms with Crippen molar-refractivity contribution >= 4 is 21.9 Å². The Bertz CT molecular complexity index is 392. The van der Waals surface area contributed by atoms with Gasteiger partial charge in [0.05, 0.1) is 7.11 Å². The summed E-state index contributed by atoms with van der Waals surface area (Å²) >= 11 is 3.19. The minimum atomic E-state index is -1.59. The molecule has 0 aliphatic carbocycles. The summed E-state index contributed by atoms with van der Waals surface area (Å²) in [5.41, 5.74) is 0.590. The maximum Gasteiger partial charge on any atom is 0.339 e. The molecule has 0 saturated carbocycles. The maximum atomic E-state index is 13.4. The molecule has 1 rings (SSSR count). The highest BCUT2D eigenvalue weighted by atomic mass is 79.9. The van der Waals surface area contributed by atoms with Gasteiger partial charge in [-0.1, -0.05) is 15.9 Å². The highest BCUT2D eigenvalue weighted by Crippen LogP contribution is 2.25. The summed E-state index contributed by atoms with van der Waals surface area (Å²) in [6.45, 7) is 1.71.